The second kappa shape index (κ2) is 7.22. The van der Waals surface area contributed by atoms with E-state index in [2.05, 4.69) is 22.5 Å². The third-order valence-corrected chi connectivity index (χ3v) is 4.29. The van der Waals surface area contributed by atoms with E-state index in [-0.39, 0.29) is 11.8 Å². The Balaban J connectivity index is 1.50. The van der Waals surface area contributed by atoms with E-state index in [0.29, 0.717) is 11.7 Å². The van der Waals surface area contributed by atoms with Gasteiger partial charge in [-0.3, -0.25) is 4.79 Å². The number of rotatable bonds is 5. The monoisotopic (exact) mass is 314 g/mol. The predicted octanol–water partition coefficient (Wildman–Crippen LogP) is 3.91. The van der Waals surface area contributed by atoms with E-state index in [1.54, 1.807) is 6.20 Å². The molecular formula is C17H18N2O2S. The van der Waals surface area contributed by atoms with E-state index in [0.717, 1.165) is 30.6 Å². The molecule has 0 radical (unpaired) electrons. The smallest absolute Gasteiger partial charge is 0.278 e. The maximum Gasteiger partial charge on any atom is 0.278 e. The summed E-state index contributed by atoms with van der Waals surface area (Å²) in [5.41, 5.74) is 1.06. The SMILES string of the molecule is O=C(NCc1ccc(Oc2nccs2)cc1)[C@H]1CC=CCC1. The van der Waals surface area contributed by atoms with Crippen molar-refractivity contribution in [2.24, 2.45) is 5.92 Å². The zero-order valence-electron chi connectivity index (χ0n) is 12.2. The molecule has 22 heavy (non-hydrogen) atoms. The number of amides is 1. The minimum atomic E-state index is 0.123. The van der Waals surface area contributed by atoms with Gasteiger partial charge >= 0.3 is 0 Å². The van der Waals surface area contributed by atoms with Crippen LogP contribution in [0.3, 0.4) is 0 Å². The molecule has 0 saturated carbocycles. The Morgan fingerprint density at radius 1 is 1.32 bits per heavy atom. The molecule has 1 atom stereocenters. The second-order valence-corrected chi connectivity index (χ2v) is 6.10. The van der Waals surface area contributed by atoms with Gasteiger partial charge in [0.1, 0.15) is 5.75 Å². The number of carbonyl (C=O) groups is 1. The quantitative estimate of drug-likeness (QED) is 0.851. The average Bonchev–Trinajstić information content (AvgIpc) is 3.08. The number of thiazole rings is 1. The Bertz CT molecular complexity index is 635. The van der Waals surface area contributed by atoms with Crippen LogP contribution in [0.5, 0.6) is 10.9 Å². The van der Waals surface area contributed by atoms with Crippen LogP contribution in [-0.4, -0.2) is 10.9 Å². The summed E-state index contributed by atoms with van der Waals surface area (Å²) in [6.07, 6.45) is 8.75. The standard InChI is InChI=1S/C17H18N2O2S/c20-16(14-4-2-1-3-5-14)19-12-13-6-8-15(9-7-13)21-17-18-10-11-22-17/h1-2,6-11,14H,3-5,12H2,(H,19,20)/t14-/m0/s1. The van der Waals surface area contributed by atoms with E-state index in [1.807, 2.05) is 29.6 Å². The number of carbonyl (C=O) groups excluding carboxylic acids is 1. The topological polar surface area (TPSA) is 51.2 Å². The highest BCUT2D eigenvalue weighted by Crippen LogP contribution is 2.23. The van der Waals surface area contributed by atoms with Crippen molar-refractivity contribution in [3.63, 3.8) is 0 Å². The van der Waals surface area contributed by atoms with Crippen molar-refractivity contribution in [3.8, 4) is 10.9 Å². The molecule has 0 fully saturated rings. The summed E-state index contributed by atoms with van der Waals surface area (Å²) in [5, 5.41) is 5.52. The number of allylic oxidation sites excluding steroid dienone is 2. The van der Waals surface area contributed by atoms with Crippen LogP contribution in [0.1, 0.15) is 24.8 Å². The molecule has 1 aliphatic rings. The van der Waals surface area contributed by atoms with Crippen molar-refractivity contribution in [2.75, 3.05) is 0 Å². The number of hydrogen-bond donors (Lipinski definition) is 1. The van der Waals surface area contributed by atoms with Crippen LogP contribution in [0.15, 0.2) is 48.0 Å². The molecule has 0 aliphatic heterocycles. The molecule has 0 bridgehead atoms. The van der Waals surface area contributed by atoms with Crippen LogP contribution < -0.4 is 10.1 Å². The summed E-state index contributed by atoms with van der Waals surface area (Å²) < 4.78 is 5.61. The Morgan fingerprint density at radius 2 is 2.18 bits per heavy atom. The normalized spacial score (nSPS) is 17.2. The molecule has 5 heteroatoms. The van der Waals surface area contributed by atoms with Gasteiger partial charge in [0.15, 0.2) is 0 Å². The van der Waals surface area contributed by atoms with Crippen molar-refractivity contribution in [3.05, 3.63) is 53.6 Å². The summed E-state index contributed by atoms with van der Waals surface area (Å²) in [6.45, 7) is 0.552. The third kappa shape index (κ3) is 3.95. The summed E-state index contributed by atoms with van der Waals surface area (Å²) in [7, 11) is 0. The summed E-state index contributed by atoms with van der Waals surface area (Å²) in [5.74, 6) is 1.02. The third-order valence-electron chi connectivity index (χ3n) is 3.64. The number of hydrogen-bond acceptors (Lipinski definition) is 4. The van der Waals surface area contributed by atoms with E-state index >= 15 is 0 Å². The fourth-order valence-corrected chi connectivity index (χ4v) is 2.91. The molecule has 1 aromatic heterocycles. The van der Waals surface area contributed by atoms with Crippen LogP contribution in [0, 0.1) is 5.92 Å². The highest BCUT2D eigenvalue weighted by Gasteiger charge is 2.17. The lowest BCUT2D eigenvalue weighted by Crippen LogP contribution is -2.30. The number of nitrogens with zero attached hydrogens (tertiary/aromatic N) is 1. The molecule has 0 spiro atoms. The van der Waals surface area contributed by atoms with Gasteiger partial charge in [-0.2, -0.15) is 0 Å². The molecule has 114 valence electrons. The lowest BCUT2D eigenvalue weighted by molar-refractivity contribution is -0.125. The van der Waals surface area contributed by atoms with E-state index in [9.17, 15) is 4.79 Å². The number of aromatic nitrogens is 1. The summed E-state index contributed by atoms with van der Waals surface area (Å²) in [4.78, 5) is 16.2. The first-order valence-corrected chi connectivity index (χ1v) is 8.28. The Morgan fingerprint density at radius 3 is 2.86 bits per heavy atom. The molecule has 1 heterocycles. The first kappa shape index (κ1) is 14.8. The first-order valence-electron chi connectivity index (χ1n) is 7.40. The van der Waals surface area contributed by atoms with Gasteiger partial charge in [-0.05, 0) is 37.0 Å². The maximum atomic E-state index is 12.1. The molecule has 1 aromatic carbocycles. The van der Waals surface area contributed by atoms with E-state index in [4.69, 9.17) is 4.74 Å². The molecule has 1 N–H and O–H groups in total. The molecule has 0 saturated heterocycles. The fourth-order valence-electron chi connectivity index (χ4n) is 2.40. The van der Waals surface area contributed by atoms with Gasteiger partial charge in [0, 0.05) is 24.0 Å². The van der Waals surface area contributed by atoms with Crippen molar-refractivity contribution in [2.45, 2.75) is 25.8 Å². The molecule has 3 rings (SSSR count). The van der Waals surface area contributed by atoms with Crippen molar-refractivity contribution < 1.29 is 9.53 Å². The minimum absolute atomic E-state index is 0.123. The highest BCUT2D eigenvalue weighted by molar-refractivity contribution is 7.11. The second-order valence-electron chi connectivity index (χ2n) is 5.24. The lowest BCUT2D eigenvalue weighted by Gasteiger charge is -2.17. The largest absolute Gasteiger partial charge is 0.431 e. The number of ether oxygens (including phenoxy) is 1. The lowest BCUT2D eigenvalue weighted by atomic mass is 9.93. The van der Waals surface area contributed by atoms with Gasteiger partial charge < -0.3 is 10.1 Å². The van der Waals surface area contributed by atoms with Gasteiger partial charge in [0.05, 0.1) is 0 Å². The first-order chi connectivity index (χ1) is 10.8. The van der Waals surface area contributed by atoms with Crippen molar-refractivity contribution >= 4 is 17.2 Å². The van der Waals surface area contributed by atoms with Crippen LogP contribution >= 0.6 is 11.3 Å². The molecule has 0 unspecified atom stereocenters. The van der Waals surface area contributed by atoms with Crippen LogP contribution in [0.2, 0.25) is 0 Å². The minimum Gasteiger partial charge on any atom is -0.431 e. The molecule has 1 amide bonds. The summed E-state index contributed by atoms with van der Waals surface area (Å²) >= 11 is 1.46. The van der Waals surface area contributed by atoms with Gasteiger partial charge in [0.25, 0.3) is 5.19 Å². The molecule has 4 nitrogen and oxygen atoms in total. The average molecular weight is 314 g/mol. The van der Waals surface area contributed by atoms with Crippen molar-refractivity contribution in [1.29, 1.82) is 0 Å². The number of benzene rings is 1. The predicted molar refractivity (Wildman–Crippen MR) is 87.0 cm³/mol. The van der Waals surface area contributed by atoms with Crippen LogP contribution in [0.25, 0.3) is 0 Å². The Labute approximate surface area is 133 Å². The summed E-state index contributed by atoms with van der Waals surface area (Å²) in [6, 6.07) is 7.71. The van der Waals surface area contributed by atoms with Crippen LogP contribution in [0.4, 0.5) is 0 Å². The van der Waals surface area contributed by atoms with Gasteiger partial charge in [-0.25, -0.2) is 4.98 Å². The molecular weight excluding hydrogens is 296 g/mol. The van der Waals surface area contributed by atoms with E-state index < -0.39 is 0 Å². The van der Waals surface area contributed by atoms with Gasteiger partial charge in [-0.1, -0.05) is 35.6 Å². The molecule has 2 aromatic rings. The van der Waals surface area contributed by atoms with Crippen LogP contribution in [-0.2, 0) is 11.3 Å². The fraction of sp³-hybridized carbons (Fsp3) is 0.294. The maximum absolute atomic E-state index is 12.1. The zero-order chi connectivity index (χ0) is 15.2. The number of nitrogens with one attached hydrogen (secondary N) is 1. The van der Waals surface area contributed by atoms with E-state index in [1.165, 1.54) is 11.3 Å². The Kier molecular flexibility index (Phi) is 4.85. The molecule has 1 aliphatic carbocycles. The van der Waals surface area contributed by atoms with Gasteiger partial charge in [0.2, 0.25) is 5.91 Å². The van der Waals surface area contributed by atoms with Crippen molar-refractivity contribution in [1.82, 2.24) is 10.3 Å². The zero-order valence-corrected chi connectivity index (χ0v) is 13.0. The van der Waals surface area contributed by atoms with Gasteiger partial charge in [-0.15, -0.1) is 0 Å². The highest BCUT2D eigenvalue weighted by atomic mass is 32.1. The Hall–Kier alpha value is -2.14.